The minimum absolute atomic E-state index is 0.120. The molecule has 0 bridgehead atoms. The average molecular weight is 329 g/mol. The maximum absolute atomic E-state index is 12.6. The molecule has 1 amide bonds. The Labute approximate surface area is 140 Å². The average Bonchev–Trinajstić information content (AvgIpc) is 2.63. The Bertz CT molecular complexity index is 794. The van der Waals surface area contributed by atoms with Crippen LogP contribution in [0.2, 0.25) is 0 Å². The zero-order valence-electron chi connectivity index (χ0n) is 13.9. The fraction of sp³-hybridized carbons (Fsp3) is 0.500. The highest BCUT2D eigenvalue weighted by Crippen LogP contribution is 2.26. The first kappa shape index (κ1) is 16.6. The van der Waals surface area contributed by atoms with Crippen LogP contribution >= 0.6 is 0 Å². The highest BCUT2D eigenvalue weighted by molar-refractivity contribution is 5.95. The van der Waals surface area contributed by atoms with Crippen molar-refractivity contribution in [1.82, 2.24) is 15.1 Å². The van der Waals surface area contributed by atoms with Crippen LogP contribution in [0.1, 0.15) is 42.6 Å². The maximum atomic E-state index is 12.6. The van der Waals surface area contributed by atoms with E-state index in [1.54, 1.807) is 29.9 Å². The van der Waals surface area contributed by atoms with Gasteiger partial charge < -0.3 is 10.4 Å². The number of amides is 1. The molecule has 2 N–H and O–H groups in total. The lowest BCUT2D eigenvalue weighted by atomic mass is 9.84. The molecule has 24 heavy (non-hydrogen) atoms. The monoisotopic (exact) mass is 329 g/mol. The van der Waals surface area contributed by atoms with Gasteiger partial charge in [0.05, 0.1) is 18.2 Å². The summed E-state index contributed by atoms with van der Waals surface area (Å²) in [6, 6.07) is 6.76. The zero-order chi connectivity index (χ0) is 17.1. The lowest BCUT2D eigenvalue weighted by Gasteiger charge is -2.29. The third-order valence-electron chi connectivity index (χ3n) is 4.91. The van der Waals surface area contributed by atoms with Crippen molar-refractivity contribution in [3.05, 3.63) is 40.2 Å². The van der Waals surface area contributed by atoms with Crippen LogP contribution in [0.25, 0.3) is 10.9 Å². The van der Waals surface area contributed by atoms with Gasteiger partial charge in [0.15, 0.2) is 5.69 Å². The highest BCUT2D eigenvalue weighted by atomic mass is 16.3. The number of hydrogen-bond donors (Lipinski definition) is 2. The molecule has 1 saturated carbocycles. The second-order valence-corrected chi connectivity index (χ2v) is 6.48. The first-order chi connectivity index (χ1) is 11.6. The van der Waals surface area contributed by atoms with E-state index in [4.69, 9.17) is 0 Å². The van der Waals surface area contributed by atoms with E-state index in [1.165, 1.54) is 6.42 Å². The Kier molecular flexibility index (Phi) is 4.94. The van der Waals surface area contributed by atoms with Crippen LogP contribution in [0.4, 0.5) is 0 Å². The SMILES string of the molecule is Cn1nc(C(=O)NC(CO)C2CCCCC2)c(=O)c2ccccc21. The van der Waals surface area contributed by atoms with Gasteiger partial charge in [-0.15, -0.1) is 0 Å². The number of rotatable bonds is 4. The van der Waals surface area contributed by atoms with E-state index in [0.717, 1.165) is 25.7 Å². The molecule has 1 fully saturated rings. The molecule has 1 unspecified atom stereocenters. The Morgan fingerprint density at radius 1 is 1.33 bits per heavy atom. The van der Waals surface area contributed by atoms with Crippen molar-refractivity contribution in [3.8, 4) is 0 Å². The minimum atomic E-state index is -0.508. The summed E-state index contributed by atoms with van der Waals surface area (Å²) in [6.45, 7) is -0.121. The van der Waals surface area contributed by atoms with Crippen LogP contribution in [-0.4, -0.2) is 33.4 Å². The Morgan fingerprint density at radius 3 is 2.75 bits per heavy atom. The summed E-state index contributed by atoms with van der Waals surface area (Å²) >= 11 is 0. The molecule has 0 spiro atoms. The number of aliphatic hydroxyl groups excluding tert-OH is 1. The van der Waals surface area contributed by atoms with Gasteiger partial charge >= 0.3 is 0 Å². The molecule has 1 aromatic carbocycles. The van der Waals surface area contributed by atoms with Gasteiger partial charge in [0, 0.05) is 12.4 Å². The predicted octanol–water partition coefficient (Wildman–Crippen LogP) is 1.60. The number of para-hydroxylation sites is 1. The molecule has 0 saturated heterocycles. The maximum Gasteiger partial charge on any atom is 0.276 e. The molecular weight excluding hydrogens is 306 g/mol. The summed E-state index contributed by atoms with van der Waals surface area (Å²) in [5.41, 5.74) is 0.192. The summed E-state index contributed by atoms with van der Waals surface area (Å²) in [6.07, 6.45) is 5.43. The fourth-order valence-electron chi connectivity index (χ4n) is 3.56. The van der Waals surface area contributed by atoms with Gasteiger partial charge in [-0.1, -0.05) is 31.4 Å². The van der Waals surface area contributed by atoms with Crippen molar-refractivity contribution < 1.29 is 9.90 Å². The first-order valence-electron chi connectivity index (χ1n) is 8.49. The number of fused-ring (bicyclic) bond motifs is 1. The molecule has 128 valence electrons. The highest BCUT2D eigenvalue weighted by Gasteiger charge is 2.26. The van der Waals surface area contributed by atoms with Gasteiger partial charge in [0.25, 0.3) is 5.91 Å². The van der Waals surface area contributed by atoms with Crippen LogP contribution in [0.3, 0.4) is 0 Å². The number of nitrogens with zero attached hydrogens (tertiary/aromatic N) is 2. The number of benzene rings is 1. The normalized spacial score (nSPS) is 16.9. The Balaban J connectivity index is 1.88. The lowest BCUT2D eigenvalue weighted by molar-refractivity contribution is 0.0863. The number of aryl methyl sites for hydroxylation is 1. The van der Waals surface area contributed by atoms with E-state index >= 15 is 0 Å². The molecule has 0 aliphatic heterocycles. The second kappa shape index (κ2) is 7.13. The fourth-order valence-corrected chi connectivity index (χ4v) is 3.56. The van der Waals surface area contributed by atoms with E-state index in [1.807, 2.05) is 6.07 Å². The number of nitrogens with one attached hydrogen (secondary N) is 1. The van der Waals surface area contributed by atoms with Gasteiger partial charge in [-0.2, -0.15) is 5.10 Å². The van der Waals surface area contributed by atoms with Crippen molar-refractivity contribution >= 4 is 16.8 Å². The van der Waals surface area contributed by atoms with Crippen LogP contribution in [-0.2, 0) is 7.05 Å². The molecule has 2 aromatic rings. The van der Waals surface area contributed by atoms with Gasteiger partial charge in [-0.05, 0) is 30.9 Å². The number of carbonyl (C=O) groups is 1. The van der Waals surface area contributed by atoms with Crippen molar-refractivity contribution in [1.29, 1.82) is 0 Å². The molecule has 0 radical (unpaired) electrons. The van der Waals surface area contributed by atoms with Gasteiger partial charge in [0.2, 0.25) is 5.43 Å². The van der Waals surface area contributed by atoms with E-state index in [0.29, 0.717) is 10.9 Å². The number of aromatic nitrogens is 2. The van der Waals surface area contributed by atoms with E-state index in [2.05, 4.69) is 10.4 Å². The van der Waals surface area contributed by atoms with Crippen LogP contribution < -0.4 is 10.7 Å². The van der Waals surface area contributed by atoms with Crippen molar-refractivity contribution in [2.75, 3.05) is 6.61 Å². The van der Waals surface area contributed by atoms with E-state index < -0.39 is 5.91 Å². The molecule has 1 heterocycles. The molecule has 3 rings (SSSR count). The number of aliphatic hydroxyl groups is 1. The van der Waals surface area contributed by atoms with Crippen molar-refractivity contribution in [2.45, 2.75) is 38.1 Å². The third kappa shape index (κ3) is 3.19. The third-order valence-corrected chi connectivity index (χ3v) is 4.91. The molecular formula is C18H23N3O3. The molecule has 1 atom stereocenters. The van der Waals surface area contributed by atoms with Crippen LogP contribution in [0.15, 0.2) is 29.1 Å². The smallest absolute Gasteiger partial charge is 0.276 e. The molecule has 1 aliphatic rings. The molecule has 6 heteroatoms. The quantitative estimate of drug-likeness (QED) is 0.892. The molecule has 6 nitrogen and oxygen atoms in total. The Hall–Kier alpha value is -2.21. The Morgan fingerprint density at radius 2 is 2.04 bits per heavy atom. The predicted molar refractivity (Wildman–Crippen MR) is 91.9 cm³/mol. The van der Waals surface area contributed by atoms with Gasteiger partial charge in [0.1, 0.15) is 0 Å². The summed E-state index contributed by atoms with van der Waals surface area (Å²) in [5.74, 6) is -0.247. The topological polar surface area (TPSA) is 84.2 Å². The summed E-state index contributed by atoms with van der Waals surface area (Å²) in [4.78, 5) is 25.1. The summed E-state index contributed by atoms with van der Waals surface area (Å²) in [5, 5.41) is 17.1. The molecule has 1 aromatic heterocycles. The van der Waals surface area contributed by atoms with E-state index in [-0.39, 0.29) is 29.7 Å². The van der Waals surface area contributed by atoms with E-state index in [9.17, 15) is 14.7 Å². The molecule has 1 aliphatic carbocycles. The van der Waals surface area contributed by atoms with Gasteiger partial charge in [-0.3, -0.25) is 14.3 Å². The summed E-state index contributed by atoms with van der Waals surface area (Å²) in [7, 11) is 1.71. The van der Waals surface area contributed by atoms with Crippen molar-refractivity contribution in [2.24, 2.45) is 13.0 Å². The standard InChI is InChI=1S/C18H23N3O3/c1-21-15-10-6-5-9-13(15)17(23)16(20-21)18(24)19-14(11-22)12-7-3-2-4-8-12/h5-6,9-10,12,14,22H,2-4,7-8,11H2,1H3,(H,19,24). The zero-order valence-corrected chi connectivity index (χ0v) is 13.9. The van der Waals surface area contributed by atoms with Crippen LogP contribution in [0, 0.1) is 5.92 Å². The van der Waals surface area contributed by atoms with Crippen LogP contribution in [0.5, 0.6) is 0 Å². The summed E-state index contributed by atoms with van der Waals surface area (Å²) < 4.78 is 1.54. The van der Waals surface area contributed by atoms with Gasteiger partial charge in [-0.25, -0.2) is 0 Å². The minimum Gasteiger partial charge on any atom is -0.394 e. The number of hydrogen-bond acceptors (Lipinski definition) is 4. The first-order valence-corrected chi connectivity index (χ1v) is 8.49. The second-order valence-electron chi connectivity index (χ2n) is 6.48. The number of carbonyl (C=O) groups excluding carboxylic acids is 1. The largest absolute Gasteiger partial charge is 0.394 e. The lowest BCUT2D eigenvalue weighted by Crippen LogP contribution is -2.45. The van der Waals surface area contributed by atoms with Crippen molar-refractivity contribution in [3.63, 3.8) is 0 Å².